The molecule has 0 amide bonds. The number of nitrogens with zero attached hydrogens (tertiary/aromatic N) is 2. The molecule has 144 valence electrons. The van der Waals surface area contributed by atoms with Gasteiger partial charge in [-0.2, -0.15) is 0 Å². The average molecular weight is 366 g/mol. The summed E-state index contributed by atoms with van der Waals surface area (Å²) in [5.41, 5.74) is 10.1. The summed E-state index contributed by atoms with van der Waals surface area (Å²) in [6.07, 6.45) is 6.98. The van der Waals surface area contributed by atoms with Crippen molar-refractivity contribution in [3.05, 3.63) is 54.4 Å². The Morgan fingerprint density at radius 1 is 1.22 bits per heavy atom. The Kier molecular flexibility index (Phi) is 6.11. The Labute approximate surface area is 162 Å². The number of nitrogens with one attached hydrogen (secondary N) is 2. The van der Waals surface area contributed by atoms with Gasteiger partial charge in [-0.3, -0.25) is 0 Å². The van der Waals surface area contributed by atoms with Crippen LogP contribution in [0.3, 0.4) is 0 Å². The van der Waals surface area contributed by atoms with Crippen molar-refractivity contribution in [2.45, 2.75) is 57.5 Å². The van der Waals surface area contributed by atoms with E-state index in [1.54, 1.807) is 0 Å². The molecule has 1 atom stereocenters. The van der Waals surface area contributed by atoms with E-state index < -0.39 is 0 Å². The molecule has 1 aromatic heterocycles. The van der Waals surface area contributed by atoms with Crippen LogP contribution in [0.25, 0.3) is 11.3 Å². The summed E-state index contributed by atoms with van der Waals surface area (Å²) in [6, 6.07) is 10.9. The summed E-state index contributed by atoms with van der Waals surface area (Å²) >= 11 is 0. The van der Waals surface area contributed by atoms with Gasteiger partial charge < -0.3 is 16.4 Å². The first-order chi connectivity index (χ1) is 12.9. The second kappa shape index (κ2) is 8.53. The van der Waals surface area contributed by atoms with Crippen LogP contribution in [-0.4, -0.2) is 28.1 Å². The van der Waals surface area contributed by atoms with E-state index >= 15 is 0 Å². The highest BCUT2D eigenvalue weighted by Crippen LogP contribution is 2.26. The van der Waals surface area contributed by atoms with Gasteiger partial charge in [0, 0.05) is 35.5 Å². The van der Waals surface area contributed by atoms with Gasteiger partial charge in [0.1, 0.15) is 0 Å². The Morgan fingerprint density at radius 3 is 2.70 bits per heavy atom. The molecule has 0 radical (unpaired) electrons. The lowest BCUT2D eigenvalue weighted by Crippen LogP contribution is -2.48. The summed E-state index contributed by atoms with van der Waals surface area (Å²) in [5, 5.41) is 6.94. The highest BCUT2D eigenvalue weighted by molar-refractivity contribution is 5.60. The van der Waals surface area contributed by atoms with E-state index in [2.05, 4.69) is 60.3 Å². The second-order valence-electron chi connectivity index (χ2n) is 8.07. The largest absolute Gasteiger partial charge is 0.384 e. The Hall–Kier alpha value is -2.40. The molecule has 0 saturated carbocycles. The number of aryl methyl sites for hydroxylation is 1. The number of nitrogens with two attached hydrogens (primary N) is 1. The van der Waals surface area contributed by atoms with Gasteiger partial charge in [0.15, 0.2) is 0 Å². The van der Waals surface area contributed by atoms with E-state index in [9.17, 15) is 0 Å². The molecule has 2 aromatic rings. The van der Waals surface area contributed by atoms with Crippen molar-refractivity contribution in [1.29, 1.82) is 0 Å². The van der Waals surface area contributed by atoms with E-state index in [4.69, 9.17) is 10.7 Å². The van der Waals surface area contributed by atoms with Crippen LogP contribution in [0.2, 0.25) is 0 Å². The van der Waals surface area contributed by atoms with E-state index in [-0.39, 0.29) is 11.6 Å². The number of piperidine rings is 1. The third-order valence-electron chi connectivity index (χ3n) is 4.92. The van der Waals surface area contributed by atoms with Gasteiger partial charge in [0.25, 0.3) is 0 Å². The van der Waals surface area contributed by atoms with Crippen molar-refractivity contribution < 1.29 is 0 Å². The van der Waals surface area contributed by atoms with E-state index in [1.807, 2.05) is 12.3 Å². The lowest BCUT2D eigenvalue weighted by Gasteiger charge is -2.38. The van der Waals surface area contributed by atoms with Crippen LogP contribution in [0.4, 0.5) is 5.95 Å². The fourth-order valence-corrected chi connectivity index (χ4v) is 3.76. The summed E-state index contributed by atoms with van der Waals surface area (Å²) in [6.45, 7) is 9.25. The Balaban J connectivity index is 1.67. The lowest BCUT2D eigenvalue weighted by molar-refractivity contribution is 0.324. The molecule has 0 bridgehead atoms. The topological polar surface area (TPSA) is 75.9 Å². The third-order valence-corrected chi connectivity index (χ3v) is 4.92. The molecule has 2 heterocycles. The van der Waals surface area contributed by atoms with Crippen molar-refractivity contribution >= 4 is 5.95 Å². The molecule has 1 unspecified atom stereocenters. The molecule has 1 aromatic carbocycles. The van der Waals surface area contributed by atoms with Crippen LogP contribution in [-0.2, 0) is 6.42 Å². The molecule has 27 heavy (non-hydrogen) atoms. The first-order valence-electron chi connectivity index (χ1n) is 9.80. The minimum absolute atomic E-state index is 0.0321. The number of rotatable bonds is 7. The molecule has 1 aliphatic rings. The molecule has 4 N–H and O–H groups in total. The fourth-order valence-electron chi connectivity index (χ4n) is 3.76. The lowest BCUT2D eigenvalue weighted by atomic mass is 9.88. The first kappa shape index (κ1) is 19.4. The van der Waals surface area contributed by atoms with Crippen molar-refractivity contribution in [2.24, 2.45) is 5.73 Å². The summed E-state index contributed by atoms with van der Waals surface area (Å²) in [7, 11) is 0. The number of benzene rings is 1. The van der Waals surface area contributed by atoms with Crippen LogP contribution in [0.1, 0.15) is 45.1 Å². The van der Waals surface area contributed by atoms with Crippen LogP contribution in [0.15, 0.2) is 48.8 Å². The minimum atomic E-state index is 0.0321. The van der Waals surface area contributed by atoms with E-state index in [1.165, 1.54) is 5.56 Å². The zero-order valence-corrected chi connectivity index (χ0v) is 16.5. The molecule has 5 heteroatoms. The average Bonchev–Trinajstić information content (AvgIpc) is 2.61. The molecule has 1 aliphatic heterocycles. The van der Waals surface area contributed by atoms with Crippen LogP contribution < -0.4 is 16.4 Å². The van der Waals surface area contributed by atoms with Gasteiger partial charge in [0.2, 0.25) is 5.95 Å². The molecule has 3 rings (SSSR count). The zero-order chi connectivity index (χ0) is 19.3. The number of unbranched alkanes of at least 4 members (excludes halogenated alkanes) is 1. The standard InChI is InChI=1S/C22H31N5/c1-16-14-19(15-22(2,3)27-16)25-21-24-13-11-20(26-21)18-9-7-17(8-10-18)6-4-5-12-23/h7-11,13,19,27H,1,4-6,12,14-15,23H2,2-3H3,(H,24,25,26). The van der Waals surface area contributed by atoms with Gasteiger partial charge in [-0.15, -0.1) is 0 Å². The van der Waals surface area contributed by atoms with Crippen LogP contribution in [0.5, 0.6) is 0 Å². The first-order valence-corrected chi connectivity index (χ1v) is 9.80. The molecule has 0 aliphatic carbocycles. The SMILES string of the molecule is C=C1CC(Nc2nccc(-c3ccc(CCCCN)cc3)n2)CC(C)(C)N1. The van der Waals surface area contributed by atoms with Crippen molar-refractivity contribution in [3.8, 4) is 11.3 Å². The van der Waals surface area contributed by atoms with Crippen LogP contribution in [0, 0.1) is 0 Å². The second-order valence-corrected chi connectivity index (χ2v) is 8.07. The summed E-state index contributed by atoms with van der Waals surface area (Å²) in [5.74, 6) is 0.676. The Bertz CT molecular complexity index is 767. The molecule has 1 saturated heterocycles. The van der Waals surface area contributed by atoms with Gasteiger partial charge >= 0.3 is 0 Å². The quantitative estimate of drug-likeness (QED) is 0.649. The number of anilines is 1. The van der Waals surface area contributed by atoms with E-state index in [0.29, 0.717) is 5.95 Å². The van der Waals surface area contributed by atoms with Crippen molar-refractivity contribution in [2.75, 3.05) is 11.9 Å². The smallest absolute Gasteiger partial charge is 0.223 e. The number of hydrogen-bond donors (Lipinski definition) is 3. The monoisotopic (exact) mass is 365 g/mol. The highest BCUT2D eigenvalue weighted by Gasteiger charge is 2.29. The van der Waals surface area contributed by atoms with Crippen molar-refractivity contribution in [3.63, 3.8) is 0 Å². The number of aromatic nitrogens is 2. The van der Waals surface area contributed by atoms with Gasteiger partial charge in [-0.05, 0) is 57.7 Å². The zero-order valence-electron chi connectivity index (χ0n) is 16.5. The minimum Gasteiger partial charge on any atom is -0.384 e. The molecule has 0 spiro atoms. The van der Waals surface area contributed by atoms with E-state index in [0.717, 1.165) is 55.6 Å². The fraction of sp³-hybridized carbons (Fsp3) is 0.455. The highest BCUT2D eigenvalue weighted by atomic mass is 15.1. The molecule has 5 nitrogen and oxygen atoms in total. The third kappa shape index (κ3) is 5.54. The maximum Gasteiger partial charge on any atom is 0.223 e. The predicted molar refractivity (Wildman–Crippen MR) is 112 cm³/mol. The number of hydrogen-bond acceptors (Lipinski definition) is 5. The Morgan fingerprint density at radius 2 is 2.00 bits per heavy atom. The van der Waals surface area contributed by atoms with Gasteiger partial charge in [0.05, 0.1) is 5.69 Å². The molecular weight excluding hydrogens is 334 g/mol. The summed E-state index contributed by atoms with van der Waals surface area (Å²) < 4.78 is 0. The normalized spacial score (nSPS) is 18.8. The maximum absolute atomic E-state index is 5.57. The van der Waals surface area contributed by atoms with Crippen molar-refractivity contribution in [1.82, 2.24) is 15.3 Å². The van der Waals surface area contributed by atoms with Gasteiger partial charge in [-0.1, -0.05) is 30.8 Å². The maximum atomic E-state index is 5.57. The molecule has 1 fully saturated rings. The predicted octanol–water partition coefficient (Wildman–Crippen LogP) is 3.88. The van der Waals surface area contributed by atoms with Crippen LogP contribution >= 0.6 is 0 Å². The van der Waals surface area contributed by atoms with Gasteiger partial charge in [-0.25, -0.2) is 9.97 Å². The molecular formula is C22H31N5. The summed E-state index contributed by atoms with van der Waals surface area (Å²) in [4.78, 5) is 9.14.